The molecule has 0 aliphatic carbocycles. The monoisotopic (exact) mass is 677 g/mol. The Morgan fingerprint density at radius 1 is 0.396 bits per heavy atom. The number of benzene rings is 8. The first-order chi connectivity index (χ1) is 26.3. The first-order valence-electron chi connectivity index (χ1n) is 17.8. The molecular formula is C48H27N3O2. The molecule has 8 aromatic carbocycles. The van der Waals surface area contributed by atoms with Gasteiger partial charge in [0, 0.05) is 43.3 Å². The van der Waals surface area contributed by atoms with Gasteiger partial charge < -0.3 is 8.83 Å². The summed E-state index contributed by atoms with van der Waals surface area (Å²) in [5.41, 5.74) is 10.4. The second-order valence-corrected chi connectivity index (χ2v) is 13.7. The third-order valence-electron chi connectivity index (χ3n) is 10.8. The second kappa shape index (κ2) is 10.6. The fourth-order valence-corrected chi connectivity index (χ4v) is 8.48. The molecule has 0 amide bonds. The largest absolute Gasteiger partial charge is 0.455 e. The zero-order valence-electron chi connectivity index (χ0n) is 28.2. The molecule has 0 N–H and O–H groups in total. The van der Waals surface area contributed by atoms with E-state index >= 15 is 0 Å². The predicted octanol–water partition coefficient (Wildman–Crippen LogP) is 13.0. The third-order valence-corrected chi connectivity index (χ3v) is 10.8. The Bertz CT molecular complexity index is 3460. The highest BCUT2D eigenvalue weighted by atomic mass is 16.3. The Kier molecular flexibility index (Phi) is 5.71. The minimum Gasteiger partial charge on any atom is -0.455 e. The highest BCUT2D eigenvalue weighted by Gasteiger charge is 2.23. The lowest BCUT2D eigenvalue weighted by Crippen LogP contribution is -2.03. The molecule has 0 spiro atoms. The first kappa shape index (κ1) is 28.5. The molecule has 0 saturated heterocycles. The summed E-state index contributed by atoms with van der Waals surface area (Å²) in [7, 11) is 0. The number of aromatic nitrogens is 3. The maximum Gasteiger partial charge on any atom is 0.235 e. The molecular weight excluding hydrogens is 651 g/mol. The third kappa shape index (κ3) is 3.96. The summed E-state index contributed by atoms with van der Waals surface area (Å²) in [4.78, 5) is 10.6. The summed E-state index contributed by atoms with van der Waals surface area (Å²) in [6, 6.07) is 57.0. The number of hydrogen-bond donors (Lipinski definition) is 0. The van der Waals surface area contributed by atoms with Gasteiger partial charge in [-0.3, -0.25) is 4.57 Å². The van der Waals surface area contributed by atoms with E-state index in [1.807, 2.05) is 30.3 Å². The van der Waals surface area contributed by atoms with Gasteiger partial charge >= 0.3 is 0 Å². The number of nitrogens with zero attached hydrogens (tertiary/aromatic N) is 3. The SMILES string of the molecule is c1ccc(-c2cc3c4ccc5c(c6ccccc6n5-c5nc(-c6cccc7c6oc6ccccc67)c6ccccc6n5)c4oc3c3ccccc23)cc1. The smallest absolute Gasteiger partial charge is 0.235 e. The quantitative estimate of drug-likeness (QED) is 0.187. The van der Waals surface area contributed by atoms with Crippen molar-refractivity contribution in [3.63, 3.8) is 0 Å². The average Bonchev–Trinajstić information content (AvgIpc) is 3.90. The number of rotatable bonds is 3. The number of para-hydroxylation sites is 4. The molecule has 0 fully saturated rings. The fraction of sp³-hybridized carbons (Fsp3) is 0. The molecule has 12 aromatic rings. The molecule has 0 bridgehead atoms. The van der Waals surface area contributed by atoms with Gasteiger partial charge in [0.05, 0.1) is 27.6 Å². The average molecular weight is 678 g/mol. The molecule has 53 heavy (non-hydrogen) atoms. The van der Waals surface area contributed by atoms with E-state index in [4.69, 9.17) is 18.8 Å². The van der Waals surface area contributed by atoms with Gasteiger partial charge in [0.1, 0.15) is 22.3 Å². The van der Waals surface area contributed by atoms with Crippen LogP contribution in [0.4, 0.5) is 0 Å². The van der Waals surface area contributed by atoms with Crippen molar-refractivity contribution in [1.82, 2.24) is 14.5 Å². The van der Waals surface area contributed by atoms with Crippen LogP contribution in [0, 0.1) is 0 Å². The van der Waals surface area contributed by atoms with Crippen LogP contribution in [0.3, 0.4) is 0 Å². The van der Waals surface area contributed by atoms with Crippen LogP contribution >= 0.6 is 0 Å². The van der Waals surface area contributed by atoms with Crippen LogP contribution in [-0.2, 0) is 0 Å². The van der Waals surface area contributed by atoms with Crippen LogP contribution in [0.25, 0.3) is 116 Å². The molecule has 12 rings (SSSR count). The van der Waals surface area contributed by atoms with Crippen molar-refractivity contribution in [2.24, 2.45) is 0 Å². The topological polar surface area (TPSA) is 57.0 Å². The lowest BCUT2D eigenvalue weighted by molar-refractivity contribution is 0.670. The molecule has 4 heterocycles. The van der Waals surface area contributed by atoms with Gasteiger partial charge in [-0.15, -0.1) is 0 Å². The van der Waals surface area contributed by atoms with E-state index < -0.39 is 0 Å². The Hall–Kier alpha value is -7.24. The van der Waals surface area contributed by atoms with E-state index in [9.17, 15) is 0 Å². The minimum absolute atomic E-state index is 0.588. The Labute approximate surface area is 302 Å². The van der Waals surface area contributed by atoms with Crippen molar-refractivity contribution in [1.29, 1.82) is 0 Å². The molecule has 0 radical (unpaired) electrons. The van der Waals surface area contributed by atoms with Crippen molar-refractivity contribution in [2.75, 3.05) is 0 Å². The molecule has 4 aromatic heterocycles. The van der Waals surface area contributed by atoms with Crippen molar-refractivity contribution in [2.45, 2.75) is 0 Å². The molecule has 246 valence electrons. The first-order valence-corrected chi connectivity index (χ1v) is 17.8. The van der Waals surface area contributed by atoms with Crippen LogP contribution in [0.15, 0.2) is 173 Å². The molecule has 5 nitrogen and oxygen atoms in total. The Morgan fingerprint density at radius 3 is 1.96 bits per heavy atom. The minimum atomic E-state index is 0.588. The zero-order chi connectivity index (χ0) is 34.6. The van der Waals surface area contributed by atoms with Gasteiger partial charge in [-0.1, -0.05) is 121 Å². The van der Waals surface area contributed by atoms with Crippen molar-refractivity contribution in [3.05, 3.63) is 164 Å². The van der Waals surface area contributed by atoms with Crippen LogP contribution < -0.4 is 0 Å². The molecule has 0 saturated carbocycles. The summed E-state index contributed by atoms with van der Waals surface area (Å²) in [5, 5.41) is 9.67. The van der Waals surface area contributed by atoms with Gasteiger partial charge in [0.2, 0.25) is 5.95 Å². The standard InChI is InChI=1S/C48H27N3O2/c1-2-13-28(14-3-1)37-27-38-33-25-26-41-43(47(33)53-46(38)31-17-5-4-15-29(31)37)35-19-7-10-23-40(35)51(41)48-49-39-22-9-6-18-34(39)44(50-48)36-21-12-20-32-30-16-8-11-24-42(30)52-45(32)36/h1-27H. The summed E-state index contributed by atoms with van der Waals surface area (Å²) >= 11 is 0. The van der Waals surface area contributed by atoms with Crippen LogP contribution in [0.1, 0.15) is 0 Å². The summed E-state index contributed by atoms with van der Waals surface area (Å²) in [5.74, 6) is 0.588. The van der Waals surface area contributed by atoms with Gasteiger partial charge in [0.15, 0.2) is 0 Å². The number of furan rings is 2. The van der Waals surface area contributed by atoms with Crippen LogP contribution in [0.5, 0.6) is 0 Å². The predicted molar refractivity (Wildman–Crippen MR) is 217 cm³/mol. The second-order valence-electron chi connectivity index (χ2n) is 13.7. The van der Waals surface area contributed by atoms with Crippen molar-refractivity contribution >= 4 is 87.4 Å². The van der Waals surface area contributed by atoms with E-state index in [1.165, 1.54) is 16.5 Å². The summed E-state index contributed by atoms with van der Waals surface area (Å²) in [6.45, 7) is 0. The molecule has 0 atom stereocenters. The molecule has 0 unspecified atom stereocenters. The van der Waals surface area contributed by atoms with Gasteiger partial charge in [-0.05, 0) is 59.0 Å². The number of fused-ring (bicyclic) bond motifs is 13. The zero-order valence-corrected chi connectivity index (χ0v) is 28.2. The summed E-state index contributed by atoms with van der Waals surface area (Å²) < 4.78 is 15.7. The van der Waals surface area contributed by atoms with Gasteiger partial charge in [0.25, 0.3) is 0 Å². The van der Waals surface area contributed by atoms with E-state index in [0.29, 0.717) is 5.95 Å². The molecule has 5 heteroatoms. The normalized spacial score (nSPS) is 12.2. The van der Waals surface area contributed by atoms with E-state index in [2.05, 4.69) is 138 Å². The number of hydrogen-bond acceptors (Lipinski definition) is 4. The molecule has 0 aliphatic rings. The van der Waals surface area contributed by atoms with E-state index in [1.54, 1.807) is 0 Å². The van der Waals surface area contributed by atoms with E-state index in [0.717, 1.165) is 93.2 Å². The van der Waals surface area contributed by atoms with Crippen molar-refractivity contribution < 1.29 is 8.83 Å². The van der Waals surface area contributed by atoms with Crippen LogP contribution in [0.2, 0.25) is 0 Å². The van der Waals surface area contributed by atoms with Gasteiger partial charge in [-0.25, -0.2) is 9.97 Å². The van der Waals surface area contributed by atoms with Gasteiger partial charge in [-0.2, -0.15) is 0 Å². The van der Waals surface area contributed by atoms with Crippen LogP contribution in [-0.4, -0.2) is 14.5 Å². The maximum atomic E-state index is 7.00. The Balaban J connectivity index is 1.17. The Morgan fingerprint density at radius 2 is 1.08 bits per heavy atom. The lowest BCUT2D eigenvalue weighted by Gasteiger charge is -2.12. The highest BCUT2D eigenvalue weighted by Crippen LogP contribution is 2.45. The van der Waals surface area contributed by atoms with Crippen molar-refractivity contribution in [3.8, 4) is 28.3 Å². The summed E-state index contributed by atoms with van der Waals surface area (Å²) in [6.07, 6.45) is 0. The highest BCUT2D eigenvalue weighted by molar-refractivity contribution is 6.27. The molecule has 0 aliphatic heterocycles. The van der Waals surface area contributed by atoms with E-state index in [-0.39, 0.29) is 0 Å². The lowest BCUT2D eigenvalue weighted by atomic mass is 9.95. The fourth-order valence-electron chi connectivity index (χ4n) is 8.48. The maximum absolute atomic E-state index is 7.00.